The van der Waals surface area contributed by atoms with Gasteiger partial charge in [0, 0.05) is 39.3 Å². The van der Waals surface area contributed by atoms with E-state index in [4.69, 9.17) is 23.2 Å². The number of nitrogens with zero attached hydrogens (tertiary/aromatic N) is 3. The lowest BCUT2D eigenvalue weighted by Gasteiger charge is -2.48. The standard InChI is InChI=1S/C27H33Cl2N7O6S/c1-30-24(40)19(37)8-7-17(31-25(41)20-11-16(28)22(29)43-20)23(39)32-18-6-4-9-35(26(18)42)14-21(38)33-27-34(2)12-15-5-3-10-36(27)13-15/h4,6,9,11,15,17,27H,3,5,7-8,10,12-14H2,1-2H3,(H,30,40)(H,31,41)(H,32,39)(H,33,38). The Balaban J connectivity index is 1.44. The molecule has 0 radical (unpaired) electrons. The van der Waals surface area contributed by atoms with Gasteiger partial charge in [-0.1, -0.05) is 23.2 Å². The van der Waals surface area contributed by atoms with Crippen molar-refractivity contribution in [2.75, 3.05) is 39.0 Å². The zero-order valence-corrected chi connectivity index (χ0v) is 26.0. The molecule has 2 saturated heterocycles. The molecule has 2 aliphatic heterocycles. The predicted octanol–water partition coefficient (Wildman–Crippen LogP) is 1.11. The highest BCUT2D eigenvalue weighted by atomic mass is 35.5. The highest BCUT2D eigenvalue weighted by molar-refractivity contribution is 7.18. The van der Waals surface area contributed by atoms with Gasteiger partial charge in [-0.2, -0.15) is 0 Å². The average Bonchev–Trinajstić information content (AvgIpc) is 3.32. The van der Waals surface area contributed by atoms with Crippen LogP contribution in [0.25, 0.3) is 0 Å². The molecule has 232 valence electrons. The van der Waals surface area contributed by atoms with Crippen molar-refractivity contribution in [3.05, 3.63) is 49.0 Å². The van der Waals surface area contributed by atoms with Crippen LogP contribution in [0.1, 0.15) is 35.4 Å². The Morgan fingerprint density at radius 2 is 1.93 bits per heavy atom. The van der Waals surface area contributed by atoms with Crippen LogP contribution in [0.3, 0.4) is 0 Å². The number of thiophene rings is 1. The van der Waals surface area contributed by atoms with Gasteiger partial charge in [0.25, 0.3) is 17.4 Å². The Labute approximate surface area is 261 Å². The average molecular weight is 655 g/mol. The summed E-state index contributed by atoms with van der Waals surface area (Å²) in [5, 5.41) is 10.4. The molecule has 0 saturated carbocycles. The summed E-state index contributed by atoms with van der Waals surface area (Å²) in [4.78, 5) is 80.5. The summed E-state index contributed by atoms with van der Waals surface area (Å²) in [6, 6.07) is 2.91. The van der Waals surface area contributed by atoms with Gasteiger partial charge in [0.15, 0.2) is 0 Å². The number of hydrogen-bond acceptors (Lipinski definition) is 9. The van der Waals surface area contributed by atoms with Crippen LogP contribution < -0.4 is 26.8 Å². The van der Waals surface area contributed by atoms with E-state index in [0.717, 1.165) is 37.4 Å². The highest BCUT2D eigenvalue weighted by Gasteiger charge is 2.35. The van der Waals surface area contributed by atoms with Gasteiger partial charge in [0.2, 0.25) is 17.6 Å². The minimum absolute atomic E-state index is 0.127. The van der Waals surface area contributed by atoms with Gasteiger partial charge in [0.05, 0.1) is 9.90 Å². The zero-order valence-electron chi connectivity index (χ0n) is 23.7. The number of carbonyl (C=O) groups is 5. The number of pyridine rings is 1. The summed E-state index contributed by atoms with van der Waals surface area (Å²) in [6.45, 7) is 2.40. The van der Waals surface area contributed by atoms with Gasteiger partial charge < -0.3 is 25.8 Å². The smallest absolute Gasteiger partial charge is 0.287 e. The Kier molecular flexibility index (Phi) is 11.0. The number of aromatic nitrogens is 1. The summed E-state index contributed by atoms with van der Waals surface area (Å²) in [6.07, 6.45) is 2.83. The highest BCUT2D eigenvalue weighted by Crippen LogP contribution is 2.31. The molecule has 2 bridgehead atoms. The van der Waals surface area contributed by atoms with Crippen molar-refractivity contribution in [1.29, 1.82) is 0 Å². The number of piperidine rings is 1. The molecule has 4 N–H and O–H groups in total. The molecule has 43 heavy (non-hydrogen) atoms. The first kappa shape index (κ1) is 32.6. The van der Waals surface area contributed by atoms with Gasteiger partial charge in [-0.3, -0.25) is 38.6 Å². The van der Waals surface area contributed by atoms with Crippen molar-refractivity contribution in [3.63, 3.8) is 0 Å². The van der Waals surface area contributed by atoms with Crippen LogP contribution in [0.15, 0.2) is 29.2 Å². The van der Waals surface area contributed by atoms with Crippen molar-refractivity contribution >= 4 is 69.6 Å². The van der Waals surface area contributed by atoms with E-state index in [2.05, 4.69) is 31.1 Å². The van der Waals surface area contributed by atoms with Gasteiger partial charge in [-0.15, -0.1) is 11.3 Å². The lowest BCUT2D eigenvalue weighted by atomic mass is 9.95. The predicted molar refractivity (Wildman–Crippen MR) is 162 cm³/mol. The van der Waals surface area contributed by atoms with E-state index >= 15 is 0 Å². The molecule has 16 heteroatoms. The number of ketones is 1. The Bertz CT molecular complexity index is 1440. The second-order valence-electron chi connectivity index (χ2n) is 10.5. The summed E-state index contributed by atoms with van der Waals surface area (Å²) in [7, 11) is 3.25. The molecule has 13 nitrogen and oxygen atoms in total. The van der Waals surface area contributed by atoms with Crippen LogP contribution >= 0.6 is 34.5 Å². The molecule has 2 aromatic rings. The zero-order chi connectivity index (χ0) is 31.3. The maximum atomic E-state index is 13.3. The van der Waals surface area contributed by atoms with Gasteiger partial charge in [0.1, 0.15) is 28.9 Å². The fraction of sp³-hybridized carbons (Fsp3) is 0.481. The molecule has 4 atom stereocenters. The fourth-order valence-corrected chi connectivity index (χ4v) is 6.53. The van der Waals surface area contributed by atoms with Crippen molar-refractivity contribution in [1.82, 2.24) is 30.3 Å². The number of carbonyl (C=O) groups excluding carboxylic acids is 5. The van der Waals surface area contributed by atoms with Gasteiger partial charge in [-0.05, 0) is 50.4 Å². The van der Waals surface area contributed by atoms with Crippen molar-refractivity contribution in [3.8, 4) is 0 Å². The Morgan fingerprint density at radius 1 is 1.16 bits per heavy atom. The monoisotopic (exact) mass is 653 g/mol. The summed E-state index contributed by atoms with van der Waals surface area (Å²) >= 11 is 12.8. The molecule has 4 heterocycles. The molecule has 2 fully saturated rings. The van der Waals surface area contributed by atoms with Crippen molar-refractivity contribution < 1.29 is 24.0 Å². The number of anilines is 1. The maximum Gasteiger partial charge on any atom is 0.287 e. The Morgan fingerprint density at radius 3 is 2.63 bits per heavy atom. The molecule has 0 aliphatic carbocycles. The molecule has 4 amide bonds. The number of hydrogen-bond donors (Lipinski definition) is 4. The minimum atomic E-state index is -1.30. The third kappa shape index (κ3) is 8.21. The van der Waals surface area contributed by atoms with Crippen LogP contribution in [0.4, 0.5) is 5.69 Å². The van der Waals surface area contributed by atoms with E-state index in [1.165, 1.54) is 42.4 Å². The van der Waals surface area contributed by atoms with E-state index in [1.807, 2.05) is 7.05 Å². The number of likely N-dealkylation sites (N-methyl/N-ethyl adjacent to an activating group) is 1. The molecular weight excluding hydrogens is 621 g/mol. The quantitative estimate of drug-likeness (QED) is 0.262. The fourth-order valence-electron chi connectivity index (χ4n) is 5.26. The number of rotatable bonds is 11. The van der Waals surface area contributed by atoms with Crippen LogP contribution in [-0.2, 0) is 25.7 Å². The normalized spacial score (nSPS) is 20.5. The van der Waals surface area contributed by atoms with Crippen molar-refractivity contribution in [2.45, 2.75) is 44.6 Å². The number of amides is 4. The van der Waals surface area contributed by atoms with E-state index < -0.39 is 35.1 Å². The molecular formula is C27H33Cl2N7O6S. The van der Waals surface area contributed by atoms with Gasteiger partial charge in [-0.25, -0.2) is 0 Å². The van der Waals surface area contributed by atoms with Crippen LogP contribution in [0.5, 0.6) is 0 Å². The van der Waals surface area contributed by atoms with E-state index in [0.29, 0.717) is 5.92 Å². The van der Waals surface area contributed by atoms with Crippen LogP contribution in [-0.4, -0.2) is 89.8 Å². The maximum absolute atomic E-state index is 13.3. The van der Waals surface area contributed by atoms with Crippen LogP contribution in [0.2, 0.25) is 9.36 Å². The third-order valence-corrected chi connectivity index (χ3v) is 9.24. The molecule has 4 rings (SSSR count). The number of Topliss-reactive ketones (excluding diaryl/α,β-unsaturated/α-hetero) is 1. The second kappa shape index (κ2) is 14.4. The van der Waals surface area contributed by atoms with Crippen LogP contribution in [0, 0.1) is 5.92 Å². The number of halogens is 2. The summed E-state index contributed by atoms with van der Waals surface area (Å²) in [5.74, 6) is -2.89. The first-order chi connectivity index (χ1) is 20.5. The second-order valence-corrected chi connectivity index (χ2v) is 12.6. The van der Waals surface area contributed by atoms with E-state index in [-0.39, 0.29) is 51.5 Å². The molecule has 2 aliphatic rings. The molecule has 4 unspecified atom stereocenters. The van der Waals surface area contributed by atoms with Gasteiger partial charge >= 0.3 is 0 Å². The first-order valence-electron chi connectivity index (χ1n) is 13.7. The lowest BCUT2D eigenvalue weighted by Crippen LogP contribution is -2.65. The lowest BCUT2D eigenvalue weighted by molar-refractivity contribution is -0.137. The molecule has 2 aromatic heterocycles. The largest absolute Gasteiger partial charge is 0.353 e. The molecule has 0 spiro atoms. The topological polar surface area (TPSA) is 162 Å². The SMILES string of the molecule is CNC(=O)C(=O)CCC(NC(=O)c1cc(Cl)c(Cl)s1)C(=O)Nc1cccn(CC(=O)NC2N(C)CC3CCCN2C3)c1=O. The minimum Gasteiger partial charge on any atom is -0.353 e. The molecule has 0 aromatic carbocycles. The first-order valence-corrected chi connectivity index (χ1v) is 15.3. The summed E-state index contributed by atoms with van der Waals surface area (Å²) in [5.41, 5.74) is -0.766. The van der Waals surface area contributed by atoms with E-state index in [1.54, 1.807) is 0 Å². The Hall–Kier alpha value is -3.30. The number of nitrogens with one attached hydrogen (secondary N) is 4. The van der Waals surface area contributed by atoms with Crippen molar-refractivity contribution in [2.24, 2.45) is 5.92 Å². The summed E-state index contributed by atoms with van der Waals surface area (Å²) < 4.78 is 1.36. The van der Waals surface area contributed by atoms with E-state index in [9.17, 15) is 28.8 Å². The number of fused-ring (bicyclic) bond motifs is 2. The third-order valence-electron chi connectivity index (χ3n) is 7.37.